The first-order valence-electron chi connectivity index (χ1n) is 6.41. The Labute approximate surface area is 124 Å². The van der Waals surface area contributed by atoms with Gasteiger partial charge in [-0.3, -0.25) is 4.79 Å². The number of nitrogens with one attached hydrogen (secondary N) is 1. The molecule has 112 valence electrons. The number of hydrogen-bond donors (Lipinski definition) is 4. The van der Waals surface area contributed by atoms with Gasteiger partial charge in [0, 0.05) is 6.54 Å². The van der Waals surface area contributed by atoms with Crippen LogP contribution in [0, 0.1) is 5.92 Å². The molecule has 0 aliphatic heterocycles. The van der Waals surface area contributed by atoms with Gasteiger partial charge >= 0.3 is 0 Å². The Hall–Kier alpha value is -0.960. The average Bonchev–Trinajstić information content (AvgIpc) is 3.28. The first kappa shape index (κ1) is 15.4. The molecule has 0 amide bonds. The lowest BCUT2D eigenvalue weighted by atomic mass is 10.0. The van der Waals surface area contributed by atoms with Gasteiger partial charge in [-0.1, -0.05) is 0 Å². The molecule has 1 aromatic rings. The third-order valence-corrected chi connectivity index (χ3v) is 4.19. The van der Waals surface area contributed by atoms with E-state index in [1.165, 1.54) is 10.9 Å². The summed E-state index contributed by atoms with van der Waals surface area (Å²) < 4.78 is 1.67. The molecular weight excluding hydrogens is 330 g/mol. The normalized spacial score (nSPS) is 15.4. The first-order chi connectivity index (χ1) is 9.55. The summed E-state index contributed by atoms with van der Waals surface area (Å²) in [7, 11) is 0. The number of anilines is 1. The predicted octanol–water partition coefficient (Wildman–Crippen LogP) is -0.457. The Bertz CT molecular complexity index is 518. The highest BCUT2D eigenvalue weighted by molar-refractivity contribution is 9.10. The van der Waals surface area contributed by atoms with E-state index < -0.39 is 25.4 Å². The summed E-state index contributed by atoms with van der Waals surface area (Å²) in [5.74, 6) is 0.525. The van der Waals surface area contributed by atoms with E-state index in [1.54, 1.807) is 0 Å². The van der Waals surface area contributed by atoms with Crippen molar-refractivity contribution in [1.29, 1.82) is 0 Å². The summed E-state index contributed by atoms with van der Waals surface area (Å²) in [5.41, 5.74) is -1.23. The summed E-state index contributed by atoms with van der Waals surface area (Å²) in [4.78, 5) is 12.1. The van der Waals surface area contributed by atoms with Crippen molar-refractivity contribution in [2.75, 3.05) is 25.1 Å². The molecule has 1 saturated carbocycles. The van der Waals surface area contributed by atoms with Gasteiger partial charge in [0.25, 0.3) is 5.56 Å². The molecule has 4 N–H and O–H groups in total. The molecule has 1 heterocycles. The predicted molar refractivity (Wildman–Crippen MR) is 76.5 cm³/mol. The molecule has 0 unspecified atom stereocenters. The van der Waals surface area contributed by atoms with E-state index in [0.29, 0.717) is 18.2 Å². The average molecular weight is 348 g/mol. The van der Waals surface area contributed by atoms with E-state index in [-0.39, 0.29) is 10.0 Å². The summed E-state index contributed by atoms with van der Waals surface area (Å²) in [6.45, 7) is -0.824. The molecule has 0 atom stereocenters. The standard InChI is InChI=1S/C12H18BrN3O4/c13-10-9(15-12(5-17,6-18)7-19)3-14-16(11(10)20)4-8-1-2-8/h3,8,15,17-19H,1-2,4-7H2. The summed E-state index contributed by atoms with van der Waals surface area (Å²) >= 11 is 3.20. The van der Waals surface area contributed by atoms with Crippen LogP contribution >= 0.6 is 15.9 Å². The van der Waals surface area contributed by atoms with Crippen LogP contribution in [0.2, 0.25) is 0 Å². The molecule has 2 rings (SSSR count). The summed E-state index contributed by atoms with van der Waals surface area (Å²) in [6, 6.07) is 0. The maximum atomic E-state index is 12.1. The molecule has 1 aliphatic carbocycles. The van der Waals surface area contributed by atoms with E-state index in [2.05, 4.69) is 26.3 Å². The van der Waals surface area contributed by atoms with Crippen molar-refractivity contribution in [3.63, 3.8) is 0 Å². The minimum Gasteiger partial charge on any atom is -0.394 e. The van der Waals surface area contributed by atoms with E-state index in [1.807, 2.05) is 0 Å². The second-order valence-corrected chi connectivity index (χ2v) is 5.98. The summed E-state index contributed by atoms with van der Waals surface area (Å²) in [5, 5.41) is 34.7. The van der Waals surface area contributed by atoms with Crippen LogP contribution < -0.4 is 10.9 Å². The highest BCUT2D eigenvalue weighted by Gasteiger charge is 2.29. The maximum Gasteiger partial charge on any atom is 0.283 e. The van der Waals surface area contributed by atoms with E-state index in [0.717, 1.165) is 12.8 Å². The first-order valence-corrected chi connectivity index (χ1v) is 7.21. The molecule has 1 aromatic heterocycles. The van der Waals surface area contributed by atoms with Gasteiger partial charge in [0.15, 0.2) is 0 Å². The minimum atomic E-state index is -1.29. The third-order valence-electron chi connectivity index (χ3n) is 3.42. The van der Waals surface area contributed by atoms with Crippen LogP contribution in [0.5, 0.6) is 0 Å². The lowest BCUT2D eigenvalue weighted by Crippen LogP contribution is -2.49. The minimum absolute atomic E-state index is 0.271. The molecular formula is C12H18BrN3O4. The zero-order valence-corrected chi connectivity index (χ0v) is 12.5. The topological polar surface area (TPSA) is 108 Å². The number of hydrogen-bond acceptors (Lipinski definition) is 6. The van der Waals surface area contributed by atoms with Gasteiger partial charge in [0.05, 0.1) is 31.7 Å². The molecule has 0 saturated heterocycles. The van der Waals surface area contributed by atoms with Crippen molar-refractivity contribution in [2.45, 2.75) is 24.9 Å². The molecule has 7 nitrogen and oxygen atoms in total. The molecule has 1 fully saturated rings. The van der Waals surface area contributed by atoms with E-state index in [9.17, 15) is 20.1 Å². The molecule has 0 bridgehead atoms. The molecule has 20 heavy (non-hydrogen) atoms. The number of aromatic nitrogens is 2. The third kappa shape index (κ3) is 3.20. The van der Waals surface area contributed by atoms with Crippen LogP contribution in [0.1, 0.15) is 12.8 Å². The lowest BCUT2D eigenvalue weighted by Gasteiger charge is -2.30. The molecule has 0 aromatic carbocycles. The highest BCUT2D eigenvalue weighted by Crippen LogP contribution is 2.30. The Morgan fingerprint density at radius 2 is 1.95 bits per heavy atom. The molecule has 0 spiro atoms. The quantitative estimate of drug-likeness (QED) is 0.531. The van der Waals surface area contributed by atoms with Gasteiger partial charge in [-0.05, 0) is 34.7 Å². The Kier molecular flexibility index (Phi) is 4.79. The maximum absolute atomic E-state index is 12.1. The van der Waals surface area contributed by atoms with E-state index in [4.69, 9.17) is 0 Å². The lowest BCUT2D eigenvalue weighted by molar-refractivity contribution is 0.0833. The second-order valence-electron chi connectivity index (χ2n) is 5.18. The van der Waals surface area contributed by atoms with Crippen LogP contribution in [0.4, 0.5) is 5.69 Å². The SMILES string of the molecule is O=c1c(Br)c(NC(CO)(CO)CO)cnn1CC1CC1. The zero-order chi connectivity index (χ0) is 14.8. The number of aliphatic hydroxyl groups excluding tert-OH is 3. The fraction of sp³-hybridized carbons (Fsp3) is 0.667. The summed E-state index contributed by atoms with van der Waals surface area (Å²) in [6.07, 6.45) is 3.69. The van der Waals surface area contributed by atoms with Gasteiger partial charge in [-0.2, -0.15) is 5.10 Å². The number of halogens is 1. The Balaban J connectivity index is 2.24. The number of nitrogens with zero attached hydrogens (tertiary/aromatic N) is 2. The van der Waals surface area contributed by atoms with Crippen molar-refractivity contribution in [2.24, 2.45) is 5.92 Å². The van der Waals surface area contributed by atoms with Gasteiger partial charge in [0.2, 0.25) is 0 Å². The fourth-order valence-corrected chi connectivity index (χ4v) is 2.19. The number of rotatable bonds is 7. The van der Waals surface area contributed by atoms with Gasteiger partial charge < -0.3 is 20.6 Å². The van der Waals surface area contributed by atoms with E-state index >= 15 is 0 Å². The van der Waals surface area contributed by atoms with Crippen LogP contribution in [0.15, 0.2) is 15.5 Å². The Morgan fingerprint density at radius 1 is 1.35 bits per heavy atom. The van der Waals surface area contributed by atoms with Crippen LogP contribution in [-0.4, -0.2) is 50.5 Å². The van der Waals surface area contributed by atoms with Gasteiger partial charge in [-0.25, -0.2) is 4.68 Å². The largest absolute Gasteiger partial charge is 0.394 e. The molecule has 1 aliphatic rings. The van der Waals surface area contributed by atoms with Crippen LogP contribution in [0.3, 0.4) is 0 Å². The smallest absolute Gasteiger partial charge is 0.283 e. The molecule has 0 radical (unpaired) electrons. The monoisotopic (exact) mass is 347 g/mol. The van der Waals surface area contributed by atoms with Crippen LogP contribution in [-0.2, 0) is 6.54 Å². The second kappa shape index (κ2) is 6.21. The zero-order valence-electron chi connectivity index (χ0n) is 10.9. The Morgan fingerprint density at radius 3 is 2.45 bits per heavy atom. The van der Waals surface area contributed by atoms with Crippen molar-refractivity contribution < 1.29 is 15.3 Å². The van der Waals surface area contributed by atoms with Gasteiger partial charge in [-0.15, -0.1) is 0 Å². The van der Waals surface area contributed by atoms with Crippen molar-refractivity contribution >= 4 is 21.6 Å². The van der Waals surface area contributed by atoms with Crippen LogP contribution in [0.25, 0.3) is 0 Å². The number of aliphatic hydroxyl groups is 3. The van der Waals surface area contributed by atoms with Crippen molar-refractivity contribution in [1.82, 2.24) is 9.78 Å². The van der Waals surface area contributed by atoms with Crippen molar-refractivity contribution in [3.05, 3.63) is 21.0 Å². The fourth-order valence-electron chi connectivity index (χ4n) is 1.78. The van der Waals surface area contributed by atoms with Gasteiger partial charge in [0.1, 0.15) is 10.0 Å². The highest BCUT2D eigenvalue weighted by atomic mass is 79.9. The molecule has 8 heteroatoms. The van der Waals surface area contributed by atoms with Crippen molar-refractivity contribution in [3.8, 4) is 0 Å².